The number of urea groups is 1. The fourth-order valence-electron chi connectivity index (χ4n) is 3.69. The van der Waals surface area contributed by atoms with Crippen molar-refractivity contribution < 1.29 is 14.6 Å². The van der Waals surface area contributed by atoms with Crippen molar-refractivity contribution in [2.24, 2.45) is 5.92 Å². The largest absolute Gasteiger partial charge is 0.496 e. The van der Waals surface area contributed by atoms with Crippen LogP contribution in [0.2, 0.25) is 0 Å². The number of nitrogens with one attached hydrogen (secondary N) is 2. The van der Waals surface area contributed by atoms with Gasteiger partial charge in [-0.3, -0.25) is 0 Å². The Bertz CT molecular complexity index is 728. The zero-order valence-electron chi connectivity index (χ0n) is 14.9. The van der Waals surface area contributed by atoms with Gasteiger partial charge in [0.2, 0.25) is 0 Å². The van der Waals surface area contributed by atoms with Crippen LogP contribution >= 0.6 is 0 Å². The summed E-state index contributed by atoms with van der Waals surface area (Å²) in [5.41, 5.74) is 2.16. The van der Waals surface area contributed by atoms with E-state index in [0.29, 0.717) is 13.1 Å². The number of aliphatic hydroxyl groups is 1. The number of rotatable bonds is 6. The van der Waals surface area contributed by atoms with Crippen molar-refractivity contribution in [3.8, 4) is 5.75 Å². The zero-order valence-corrected chi connectivity index (χ0v) is 14.9. The van der Waals surface area contributed by atoms with Gasteiger partial charge in [0.25, 0.3) is 0 Å². The van der Waals surface area contributed by atoms with Crippen molar-refractivity contribution in [2.75, 3.05) is 27.2 Å². The Hall–Kier alpha value is -2.21. The van der Waals surface area contributed by atoms with Crippen LogP contribution < -0.4 is 10.1 Å². The molecule has 1 heterocycles. The van der Waals surface area contributed by atoms with Crippen LogP contribution in [0, 0.1) is 5.92 Å². The van der Waals surface area contributed by atoms with Crippen molar-refractivity contribution >= 4 is 16.9 Å². The van der Waals surface area contributed by atoms with Gasteiger partial charge in [-0.15, -0.1) is 0 Å². The van der Waals surface area contributed by atoms with Crippen molar-refractivity contribution in [1.82, 2.24) is 15.2 Å². The van der Waals surface area contributed by atoms with Crippen LogP contribution in [-0.2, 0) is 6.42 Å². The molecule has 2 aromatic rings. The van der Waals surface area contributed by atoms with Crippen LogP contribution in [0.4, 0.5) is 4.79 Å². The molecule has 0 radical (unpaired) electrons. The molecule has 1 aliphatic rings. The highest BCUT2D eigenvalue weighted by atomic mass is 16.5. The maximum atomic E-state index is 12.3. The SMILES string of the molecule is COc1cccc2[nH]cc(CCNC(=O)N(C)CC3CCCC3O)c12. The molecule has 2 amide bonds. The van der Waals surface area contributed by atoms with Gasteiger partial charge in [-0.05, 0) is 37.0 Å². The lowest BCUT2D eigenvalue weighted by molar-refractivity contribution is 0.114. The van der Waals surface area contributed by atoms with Crippen LogP contribution in [0.15, 0.2) is 24.4 Å². The number of methoxy groups -OCH3 is 1. The van der Waals surface area contributed by atoms with E-state index in [-0.39, 0.29) is 18.1 Å². The average molecular weight is 345 g/mol. The van der Waals surface area contributed by atoms with Gasteiger partial charge in [0.1, 0.15) is 5.75 Å². The maximum absolute atomic E-state index is 12.3. The molecule has 1 fully saturated rings. The number of H-pyrrole nitrogens is 1. The Morgan fingerprint density at radius 3 is 3.00 bits per heavy atom. The summed E-state index contributed by atoms with van der Waals surface area (Å²) in [6.45, 7) is 1.16. The Kier molecular flexibility index (Phi) is 5.48. The van der Waals surface area contributed by atoms with Crippen LogP contribution in [0.5, 0.6) is 5.75 Å². The number of aliphatic hydroxyl groups excluding tert-OH is 1. The van der Waals surface area contributed by atoms with Crippen molar-refractivity contribution in [3.05, 3.63) is 30.0 Å². The third-order valence-corrected chi connectivity index (χ3v) is 5.11. The number of aromatic nitrogens is 1. The molecule has 0 aliphatic heterocycles. The number of aromatic amines is 1. The Labute approximate surface area is 148 Å². The third kappa shape index (κ3) is 3.90. The molecule has 1 aliphatic carbocycles. The molecule has 2 unspecified atom stereocenters. The normalized spacial score (nSPS) is 20.0. The first-order chi connectivity index (χ1) is 12.1. The molecule has 1 saturated carbocycles. The van der Waals surface area contributed by atoms with E-state index >= 15 is 0 Å². The monoisotopic (exact) mass is 345 g/mol. The molecule has 6 nitrogen and oxygen atoms in total. The number of carbonyl (C=O) groups excluding carboxylic acids is 1. The lowest BCUT2D eigenvalue weighted by atomic mass is 10.1. The minimum absolute atomic E-state index is 0.0918. The van der Waals surface area contributed by atoms with E-state index in [1.54, 1.807) is 19.1 Å². The second-order valence-electron chi connectivity index (χ2n) is 6.82. The second-order valence-corrected chi connectivity index (χ2v) is 6.82. The molecular weight excluding hydrogens is 318 g/mol. The molecule has 0 saturated heterocycles. The fourth-order valence-corrected chi connectivity index (χ4v) is 3.69. The Balaban J connectivity index is 1.53. The second kappa shape index (κ2) is 7.78. The van der Waals surface area contributed by atoms with E-state index in [1.165, 1.54) is 0 Å². The summed E-state index contributed by atoms with van der Waals surface area (Å²) < 4.78 is 5.44. The topological polar surface area (TPSA) is 77.6 Å². The van der Waals surface area contributed by atoms with Gasteiger partial charge in [-0.25, -0.2) is 4.79 Å². The Morgan fingerprint density at radius 2 is 2.28 bits per heavy atom. The highest BCUT2D eigenvalue weighted by Crippen LogP contribution is 2.28. The highest BCUT2D eigenvalue weighted by Gasteiger charge is 2.27. The molecule has 2 atom stereocenters. The Morgan fingerprint density at radius 1 is 1.44 bits per heavy atom. The molecule has 1 aromatic carbocycles. The summed E-state index contributed by atoms with van der Waals surface area (Å²) in [6.07, 6.45) is 5.32. The summed E-state index contributed by atoms with van der Waals surface area (Å²) in [6, 6.07) is 5.82. The van der Waals surface area contributed by atoms with Crippen LogP contribution in [0.3, 0.4) is 0 Å². The highest BCUT2D eigenvalue weighted by molar-refractivity contribution is 5.89. The predicted molar refractivity (Wildman–Crippen MR) is 97.9 cm³/mol. The van der Waals surface area contributed by atoms with Gasteiger partial charge in [0.15, 0.2) is 0 Å². The first-order valence-electron chi connectivity index (χ1n) is 8.90. The number of ether oxygens (including phenoxy) is 1. The summed E-state index contributed by atoms with van der Waals surface area (Å²) in [5.74, 6) is 1.04. The van der Waals surface area contributed by atoms with E-state index in [2.05, 4.69) is 10.3 Å². The smallest absolute Gasteiger partial charge is 0.317 e. The van der Waals surface area contributed by atoms with Crippen molar-refractivity contribution in [2.45, 2.75) is 31.8 Å². The first-order valence-corrected chi connectivity index (χ1v) is 8.90. The zero-order chi connectivity index (χ0) is 17.8. The average Bonchev–Trinajstić information content (AvgIpc) is 3.21. The van der Waals surface area contributed by atoms with E-state index in [0.717, 1.165) is 47.9 Å². The summed E-state index contributed by atoms with van der Waals surface area (Å²) in [5, 5.41) is 13.9. The molecule has 136 valence electrons. The standard InChI is InChI=1S/C19H27N3O3/c1-22(12-14-5-3-7-16(14)23)19(24)20-10-9-13-11-21-15-6-4-8-17(25-2)18(13)15/h4,6,8,11,14,16,21,23H,3,5,7,9-10,12H2,1-2H3,(H,20,24). The quantitative estimate of drug-likeness (QED) is 0.753. The summed E-state index contributed by atoms with van der Waals surface area (Å²) in [7, 11) is 3.45. The molecule has 0 bridgehead atoms. The predicted octanol–water partition coefficient (Wildman–Crippen LogP) is 2.52. The van der Waals surface area contributed by atoms with Gasteiger partial charge in [-0.2, -0.15) is 0 Å². The van der Waals surface area contributed by atoms with Crippen LogP contribution in [0.1, 0.15) is 24.8 Å². The maximum Gasteiger partial charge on any atom is 0.317 e. The van der Waals surface area contributed by atoms with Crippen molar-refractivity contribution in [1.29, 1.82) is 0 Å². The molecule has 6 heteroatoms. The van der Waals surface area contributed by atoms with Gasteiger partial charge in [-0.1, -0.05) is 12.5 Å². The minimum atomic E-state index is -0.270. The lowest BCUT2D eigenvalue weighted by Crippen LogP contribution is -2.41. The number of carbonyl (C=O) groups is 1. The van der Waals surface area contributed by atoms with E-state index < -0.39 is 0 Å². The number of hydrogen-bond donors (Lipinski definition) is 3. The minimum Gasteiger partial charge on any atom is -0.496 e. The van der Waals surface area contributed by atoms with Crippen molar-refractivity contribution in [3.63, 3.8) is 0 Å². The number of hydrogen-bond acceptors (Lipinski definition) is 3. The fraction of sp³-hybridized carbons (Fsp3) is 0.526. The van der Waals surface area contributed by atoms with Crippen LogP contribution in [-0.4, -0.2) is 54.4 Å². The molecule has 1 aromatic heterocycles. The van der Waals surface area contributed by atoms with Gasteiger partial charge in [0.05, 0.1) is 13.2 Å². The number of amides is 2. The van der Waals surface area contributed by atoms with E-state index in [9.17, 15) is 9.90 Å². The molecule has 25 heavy (non-hydrogen) atoms. The lowest BCUT2D eigenvalue weighted by Gasteiger charge is -2.23. The van der Waals surface area contributed by atoms with Gasteiger partial charge < -0.3 is 25.0 Å². The first kappa shape index (κ1) is 17.6. The number of benzene rings is 1. The molecular formula is C19H27N3O3. The molecule has 0 spiro atoms. The van der Waals surface area contributed by atoms with Gasteiger partial charge >= 0.3 is 6.03 Å². The molecule has 3 rings (SSSR count). The number of fused-ring (bicyclic) bond motifs is 1. The third-order valence-electron chi connectivity index (χ3n) is 5.11. The van der Waals surface area contributed by atoms with E-state index in [4.69, 9.17) is 4.74 Å². The summed E-state index contributed by atoms with van der Waals surface area (Å²) >= 11 is 0. The summed E-state index contributed by atoms with van der Waals surface area (Å²) in [4.78, 5) is 17.2. The van der Waals surface area contributed by atoms with Crippen LogP contribution in [0.25, 0.3) is 10.9 Å². The number of nitrogens with zero attached hydrogens (tertiary/aromatic N) is 1. The van der Waals surface area contributed by atoms with Gasteiger partial charge in [0, 0.05) is 43.2 Å². The van der Waals surface area contributed by atoms with E-state index in [1.807, 2.05) is 24.4 Å². The molecule has 3 N–H and O–H groups in total.